The van der Waals surface area contributed by atoms with Crippen molar-refractivity contribution in [3.63, 3.8) is 0 Å². The predicted octanol–water partition coefficient (Wildman–Crippen LogP) is 2.57. The van der Waals surface area contributed by atoms with Crippen LogP contribution in [0.5, 0.6) is 0 Å². The highest BCUT2D eigenvalue weighted by Crippen LogP contribution is 2.38. The Morgan fingerprint density at radius 1 is 1.07 bits per heavy atom. The number of hydrogen-bond acceptors (Lipinski definition) is 7. The number of H-pyrrole nitrogens is 1. The van der Waals surface area contributed by atoms with Crippen LogP contribution in [0.2, 0.25) is 0 Å². The summed E-state index contributed by atoms with van der Waals surface area (Å²) in [5.41, 5.74) is 3.43. The maximum absolute atomic E-state index is 13.9. The smallest absolute Gasteiger partial charge is 0.245 e. The summed E-state index contributed by atoms with van der Waals surface area (Å²) in [5.74, 6) is -0.842. The van der Waals surface area contributed by atoms with Crippen molar-refractivity contribution in [2.45, 2.75) is 69.9 Å². The minimum Gasteiger partial charge on any atom is -0.348 e. The number of hydrogen-bond donors (Lipinski definition) is 3. The molecule has 2 atom stereocenters. The number of amides is 3. The third-order valence-electron chi connectivity index (χ3n) is 7.45. The van der Waals surface area contributed by atoms with E-state index in [2.05, 4.69) is 25.6 Å². The fraction of sp³-hybridized carbons (Fsp3) is 0.448. The highest BCUT2D eigenvalue weighted by molar-refractivity contribution is 7.07. The molecule has 212 valence electrons. The molecule has 0 saturated carbocycles. The first-order valence-corrected chi connectivity index (χ1v) is 14.6. The number of piperidine rings is 1. The summed E-state index contributed by atoms with van der Waals surface area (Å²) in [4.78, 5) is 65.5. The Kier molecular flexibility index (Phi) is 9.81. The van der Waals surface area contributed by atoms with Gasteiger partial charge in [0.15, 0.2) is 0 Å². The van der Waals surface area contributed by atoms with Crippen molar-refractivity contribution in [3.05, 3.63) is 70.7 Å². The summed E-state index contributed by atoms with van der Waals surface area (Å²) in [6, 6.07) is 8.07. The van der Waals surface area contributed by atoms with Gasteiger partial charge < -0.3 is 20.5 Å². The topological polar surface area (TPSA) is 137 Å². The highest BCUT2D eigenvalue weighted by atomic mass is 32.1. The first-order chi connectivity index (χ1) is 19.3. The van der Waals surface area contributed by atoms with E-state index in [1.165, 1.54) is 24.6 Å². The molecular weight excluding hydrogens is 528 g/mol. The molecule has 1 unspecified atom stereocenters. The molecule has 0 spiro atoms. The maximum atomic E-state index is 13.9. The Balaban J connectivity index is 1.51. The van der Waals surface area contributed by atoms with E-state index in [-0.39, 0.29) is 30.4 Å². The van der Waals surface area contributed by atoms with Gasteiger partial charge in [0.2, 0.25) is 17.7 Å². The van der Waals surface area contributed by atoms with Crippen LogP contribution in [0.4, 0.5) is 0 Å². The zero-order valence-corrected chi connectivity index (χ0v) is 23.7. The second kappa shape index (κ2) is 13.5. The molecule has 1 aliphatic rings. The van der Waals surface area contributed by atoms with Crippen molar-refractivity contribution >= 4 is 34.8 Å². The zero-order chi connectivity index (χ0) is 28.5. The molecule has 0 aliphatic carbocycles. The Morgan fingerprint density at radius 2 is 1.82 bits per heavy atom. The lowest BCUT2D eigenvalue weighted by molar-refractivity contribution is -0.140. The van der Waals surface area contributed by atoms with E-state index >= 15 is 0 Å². The summed E-state index contributed by atoms with van der Waals surface area (Å²) in [7, 11) is 0. The fourth-order valence-electron chi connectivity index (χ4n) is 5.37. The number of carbonyl (C=O) groups excluding carboxylic acids is 4. The van der Waals surface area contributed by atoms with Crippen LogP contribution >= 0.6 is 11.3 Å². The molecular formula is C29H36N6O4S. The van der Waals surface area contributed by atoms with Crippen molar-refractivity contribution in [1.29, 1.82) is 0 Å². The number of ketones is 1. The van der Waals surface area contributed by atoms with Crippen LogP contribution in [-0.4, -0.2) is 68.5 Å². The van der Waals surface area contributed by atoms with Crippen molar-refractivity contribution in [1.82, 2.24) is 30.5 Å². The van der Waals surface area contributed by atoms with Gasteiger partial charge in [-0.25, -0.2) is 9.97 Å². The summed E-state index contributed by atoms with van der Waals surface area (Å²) in [6.07, 6.45) is 5.82. The summed E-state index contributed by atoms with van der Waals surface area (Å²) >= 11 is 1.42. The quantitative estimate of drug-likeness (QED) is 0.309. The molecule has 11 heteroatoms. The maximum Gasteiger partial charge on any atom is 0.245 e. The minimum atomic E-state index is -0.887. The number of imidazole rings is 1. The summed E-state index contributed by atoms with van der Waals surface area (Å²) in [6.45, 7) is 4.14. The van der Waals surface area contributed by atoms with Gasteiger partial charge in [0.25, 0.3) is 0 Å². The van der Waals surface area contributed by atoms with Crippen LogP contribution in [0.15, 0.2) is 53.7 Å². The Bertz CT molecular complexity index is 1270. The third kappa shape index (κ3) is 7.01. The number of likely N-dealkylation sites (tertiary alicyclic amines) is 1. The Morgan fingerprint density at radius 3 is 2.42 bits per heavy atom. The Labute approximate surface area is 238 Å². The monoisotopic (exact) mass is 564 g/mol. The van der Waals surface area contributed by atoms with Crippen LogP contribution in [0.3, 0.4) is 0 Å². The first-order valence-electron chi connectivity index (χ1n) is 13.6. The van der Waals surface area contributed by atoms with Gasteiger partial charge in [0.1, 0.15) is 17.9 Å². The highest BCUT2D eigenvalue weighted by Gasteiger charge is 2.43. The lowest BCUT2D eigenvalue weighted by Crippen LogP contribution is -2.57. The standard InChI is InChI=1S/C29H36N6O4S/c1-3-7-26(37)29(21-8-5-4-6-9-21)10-12-35(13-11-29)28(39)25(15-23-17-40-19-32-23)34-27(38)24(33-20(2)36)14-22-16-30-18-31-22/h4-6,8-9,16-19,24-25H,3,7,10-15H2,1-2H3,(H,30,31)(H,33,36)(H,34,38)/t24-,25?/m0/s1. The number of aromatic nitrogens is 3. The number of nitrogens with zero attached hydrogens (tertiary/aromatic N) is 3. The van der Waals surface area contributed by atoms with Gasteiger partial charge in [0.05, 0.1) is 22.9 Å². The molecule has 0 bridgehead atoms. The number of thiazole rings is 1. The van der Waals surface area contributed by atoms with E-state index in [1.807, 2.05) is 42.6 Å². The lowest BCUT2D eigenvalue weighted by atomic mass is 9.68. The SMILES string of the molecule is CCCC(=O)C1(c2ccccc2)CCN(C(=O)C(Cc2cscn2)NC(=O)[C@H](Cc2cnc[nH]2)NC(C)=O)CC1. The molecule has 3 amide bonds. The molecule has 3 aromatic rings. The molecule has 2 aromatic heterocycles. The van der Waals surface area contributed by atoms with Crippen LogP contribution in [0.25, 0.3) is 0 Å². The van der Waals surface area contributed by atoms with Gasteiger partial charge >= 0.3 is 0 Å². The lowest BCUT2D eigenvalue weighted by Gasteiger charge is -2.42. The van der Waals surface area contributed by atoms with Crippen LogP contribution in [0.1, 0.15) is 56.5 Å². The van der Waals surface area contributed by atoms with Gasteiger partial charge in [0, 0.05) is 56.5 Å². The number of aromatic amines is 1. The van der Waals surface area contributed by atoms with Crippen molar-refractivity contribution in [3.8, 4) is 0 Å². The summed E-state index contributed by atoms with van der Waals surface area (Å²) < 4.78 is 0. The second-order valence-electron chi connectivity index (χ2n) is 10.2. The fourth-order valence-corrected chi connectivity index (χ4v) is 5.94. The Hall–Kier alpha value is -3.86. The average Bonchev–Trinajstić information content (AvgIpc) is 3.67. The molecule has 1 aromatic carbocycles. The third-order valence-corrected chi connectivity index (χ3v) is 8.09. The van der Waals surface area contributed by atoms with Crippen molar-refractivity contribution < 1.29 is 19.2 Å². The molecule has 0 radical (unpaired) electrons. The number of nitrogens with one attached hydrogen (secondary N) is 3. The van der Waals surface area contributed by atoms with Gasteiger partial charge in [-0.3, -0.25) is 19.2 Å². The minimum absolute atomic E-state index is 0.200. The average molecular weight is 565 g/mol. The molecule has 3 N–H and O–H groups in total. The molecule has 4 rings (SSSR count). The van der Waals surface area contributed by atoms with E-state index in [1.54, 1.807) is 16.6 Å². The van der Waals surface area contributed by atoms with Crippen molar-refractivity contribution in [2.24, 2.45) is 0 Å². The van der Waals surface area contributed by atoms with Gasteiger partial charge in [-0.05, 0) is 24.8 Å². The van der Waals surface area contributed by atoms with Crippen LogP contribution < -0.4 is 10.6 Å². The molecule has 1 saturated heterocycles. The number of Topliss-reactive ketones (excluding diaryl/α,β-unsaturated/α-hetero) is 1. The molecule has 1 fully saturated rings. The van der Waals surface area contributed by atoms with Gasteiger partial charge in [-0.2, -0.15) is 0 Å². The number of benzene rings is 1. The van der Waals surface area contributed by atoms with E-state index in [4.69, 9.17) is 0 Å². The largest absolute Gasteiger partial charge is 0.348 e. The van der Waals surface area contributed by atoms with E-state index < -0.39 is 23.4 Å². The van der Waals surface area contributed by atoms with Crippen LogP contribution in [0, 0.1) is 0 Å². The predicted molar refractivity (Wildman–Crippen MR) is 151 cm³/mol. The van der Waals surface area contributed by atoms with Crippen molar-refractivity contribution in [2.75, 3.05) is 13.1 Å². The first kappa shape index (κ1) is 29.1. The summed E-state index contributed by atoms with van der Waals surface area (Å²) in [5, 5.41) is 7.41. The molecule has 3 heterocycles. The van der Waals surface area contributed by atoms with Gasteiger partial charge in [-0.1, -0.05) is 37.3 Å². The second-order valence-corrected chi connectivity index (χ2v) is 10.9. The molecule has 1 aliphatic heterocycles. The number of rotatable bonds is 12. The van der Waals surface area contributed by atoms with Crippen LogP contribution in [-0.2, 0) is 37.4 Å². The number of carbonyl (C=O) groups is 4. The van der Waals surface area contributed by atoms with Gasteiger partial charge in [-0.15, -0.1) is 11.3 Å². The normalized spacial score (nSPS) is 16.1. The van der Waals surface area contributed by atoms with E-state index in [9.17, 15) is 19.2 Å². The zero-order valence-electron chi connectivity index (χ0n) is 22.9. The van der Waals surface area contributed by atoms with E-state index in [0.29, 0.717) is 43.7 Å². The van der Waals surface area contributed by atoms with E-state index in [0.717, 1.165) is 12.0 Å². The molecule has 40 heavy (non-hydrogen) atoms. The molecule has 10 nitrogen and oxygen atoms in total.